The Kier molecular flexibility index (Phi) is 5.18. The van der Waals surface area contributed by atoms with Crippen LogP contribution in [0.4, 0.5) is 5.69 Å². The third-order valence-electron chi connectivity index (χ3n) is 4.66. The van der Waals surface area contributed by atoms with Crippen LogP contribution in [0.1, 0.15) is 19.3 Å². The Labute approximate surface area is 156 Å². The van der Waals surface area contributed by atoms with Crippen LogP contribution in [0.5, 0.6) is 0 Å². The van der Waals surface area contributed by atoms with Gasteiger partial charge in [-0.1, -0.05) is 12.1 Å². The topological polar surface area (TPSA) is 77.8 Å². The van der Waals surface area contributed by atoms with E-state index in [2.05, 4.69) is 5.32 Å². The zero-order valence-electron chi connectivity index (χ0n) is 14.9. The van der Waals surface area contributed by atoms with Crippen molar-refractivity contribution in [3.8, 4) is 0 Å². The summed E-state index contributed by atoms with van der Waals surface area (Å²) < 4.78 is 16.8. The first-order valence-electron chi connectivity index (χ1n) is 9.15. The highest BCUT2D eigenvalue weighted by molar-refractivity contribution is 5.95. The van der Waals surface area contributed by atoms with E-state index in [0.717, 1.165) is 19.4 Å². The summed E-state index contributed by atoms with van der Waals surface area (Å²) in [5, 5.41) is 3.78. The second kappa shape index (κ2) is 7.90. The number of carbonyl (C=O) groups is 1. The van der Waals surface area contributed by atoms with Crippen LogP contribution in [-0.4, -0.2) is 31.8 Å². The molecule has 1 aliphatic heterocycles. The quantitative estimate of drug-likeness (QED) is 0.533. The van der Waals surface area contributed by atoms with Gasteiger partial charge in [0.05, 0.1) is 36.5 Å². The van der Waals surface area contributed by atoms with E-state index in [-0.39, 0.29) is 23.9 Å². The van der Waals surface area contributed by atoms with Crippen LogP contribution < -0.4 is 10.7 Å². The molecular formula is C21H21NO5. The molecule has 3 aromatic rings. The largest absolute Gasteiger partial charge is 0.456 e. The molecule has 6 heteroatoms. The van der Waals surface area contributed by atoms with Crippen molar-refractivity contribution < 1.29 is 18.7 Å². The third kappa shape index (κ3) is 4.02. The van der Waals surface area contributed by atoms with Gasteiger partial charge in [-0.3, -0.25) is 9.59 Å². The van der Waals surface area contributed by atoms with Crippen molar-refractivity contribution in [2.75, 3.05) is 25.1 Å². The van der Waals surface area contributed by atoms with Crippen LogP contribution in [0, 0.1) is 0 Å². The van der Waals surface area contributed by atoms with Crippen molar-refractivity contribution in [2.24, 2.45) is 0 Å². The molecule has 1 fully saturated rings. The lowest BCUT2D eigenvalue weighted by Crippen LogP contribution is -2.18. The van der Waals surface area contributed by atoms with Gasteiger partial charge in [0.2, 0.25) is 11.3 Å². The van der Waals surface area contributed by atoms with Gasteiger partial charge in [0.15, 0.2) is 0 Å². The molecule has 0 spiro atoms. The van der Waals surface area contributed by atoms with E-state index < -0.39 is 0 Å². The van der Waals surface area contributed by atoms with Crippen LogP contribution in [0.3, 0.4) is 0 Å². The molecule has 1 aliphatic rings. The summed E-state index contributed by atoms with van der Waals surface area (Å²) >= 11 is 0. The molecule has 0 aliphatic carbocycles. The van der Waals surface area contributed by atoms with Gasteiger partial charge < -0.3 is 19.2 Å². The van der Waals surface area contributed by atoms with Gasteiger partial charge >= 0.3 is 0 Å². The van der Waals surface area contributed by atoms with E-state index in [9.17, 15) is 9.59 Å². The van der Waals surface area contributed by atoms with Gasteiger partial charge in [0.25, 0.3) is 0 Å². The summed E-state index contributed by atoms with van der Waals surface area (Å²) in [7, 11) is 0. The Morgan fingerprint density at radius 2 is 2.00 bits per heavy atom. The molecule has 2 heterocycles. The van der Waals surface area contributed by atoms with E-state index in [4.69, 9.17) is 13.9 Å². The first-order valence-corrected chi connectivity index (χ1v) is 9.15. The van der Waals surface area contributed by atoms with Crippen molar-refractivity contribution >= 4 is 33.5 Å². The molecule has 140 valence electrons. The fourth-order valence-electron chi connectivity index (χ4n) is 3.26. The fraction of sp³-hybridized carbons (Fsp3) is 0.333. The van der Waals surface area contributed by atoms with Gasteiger partial charge in [0.1, 0.15) is 11.2 Å². The maximum atomic E-state index is 12.7. The van der Waals surface area contributed by atoms with Crippen LogP contribution in [0.15, 0.2) is 51.7 Å². The third-order valence-corrected chi connectivity index (χ3v) is 4.66. The van der Waals surface area contributed by atoms with Crippen LogP contribution in [0.2, 0.25) is 0 Å². The van der Waals surface area contributed by atoms with E-state index in [0.29, 0.717) is 40.8 Å². The highest BCUT2D eigenvalue weighted by atomic mass is 16.5. The molecule has 1 saturated heterocycles. The van der Waals surface area contributed by atoms with Gasteiger partial charge in [0, 0.05) is 12.3 Å². The summed E-state index contributed by atoms with van der Waals surface area (Å²) in [5.41, 5.74) is 1.50. The second-order valence-electron chi connectivity index (χ2n) is 6.65. The molecule has 0 bridgehead atoms. The number of benzene rings is 2. The van der Waals surface area contributed by atoms with Crippen molar-refractivity contribution in [1.82, 2.24) is 0 Å². The normalized spacial score (nSPS) is 16.8. The summed E-state index contributed by atoms with van der Waals surface area (Å²) in [6.45, 7) is 1.66. The van der Waals surface area contributed by atoms with Gasteiger partial charge in [-0.25, -0.2) is 0 Å². The maximum absolute atomic E-state index is 12.7. The van der Waals surface area contributed by atoms with E-state index in [1.807, 2.05) is 6.07 Å². The molecule has 6 nitrogen and oxygen atoms in total. The van der Waals surface area contributed by atoms with Crippen molar-refractivity contribution in [3.05, 3.63) is 52.7 Å². The van der Waals surface area contributed by atoms with Gasteiger partial charge in [-0.05, 0) is 43.2 Å². The predicted molar refractivity (Wildman–Crippen MR) is 103 cm³/mol. The Hall–Kier alpha value is -2.70. The monoisotopic (exact) mass is 367 g/mol. The lowest BCUT2D eigenvalue weighted by atomic mass is 10.1. The van der Waals surface area contributed by atoms with Crippen molar-refractivity contribution in [3.63, 3.8) is 0 Å². The van der Waals surface area contributed by atoms with E-state index >= 15 is 0 Å². The number of rotatable bonds is 6. The minimum Gasteiger partial charge on any atom is -0.456 e. The fourth-order valence-corrected chi connectivity index (χ4v) is 3.26. The van der Waals surface area contributed by atoms with Crippen molar-refractivity contribution in [2.45, 2.75) is 25.4 Å². The molecule has 1 aromatic heterocycles. The number of nitrogens with one attached hydrogen (secondary N) is 1. The van der Waals surface area contributed by atoms with Gasteiger partial charge in [-0.15, -0.1) is 0 Å². The summed E-state index contributed by atoms with van der Waals surface area (Å²) in [6.07, 6.45) is 2.49. The number of ether oxygens (including phenoxy) is 2. The predicted octanol–water partition coefficient (Wildman–Crippen LogP) is 3.47. The number of carbonyl (C=O) groups excluding carboxylic acids is 1. The molecule has 1 N–H and O–H groups in total. The summed E-state index contributed by atoms with van der Waals surface area (Å²) in [5.74, 6) is -0.160. The summed E-state index contributed by atoms with van der Waals surface area (Å²) in [4.78, 5) is 24.8. The Balaban J connectivity index is 1.41. The number of fused-ring (bicyclic) bond motifs is 2. The van der Waals surface area contributed by atoms with Crippen molar-refractivity contribution in [1.29, 1.82) is 0 Å². The molecule has 0 radical (unpaired) electrons. The molecule has 2 aromatic carbocycles. The minimum atomic E-state index is -0.160. The number of hydrogen-bond donors (Lipinski definition) is 1. The van der Waals surface area contributed by atoms with E-state index in [1.54, 1.807) is 36.4 Å². The van der Waals surface area contributed by atoms with Crippen LogP contribution in [0.25, 0.3) is 21.9 Å². The SMILES string of the molecule is O=C(CCOCC1CCCO1)Nc1ccc2oc3ccccc3c(=O)c2c1. The number of para-hydroxylation sites is 1. The second-order valence-corrected chi connectivity index (χ2v) is 6.65. The lowest BCUT2D eigenvalue weighted by Gasteiger charge is -2.10. The first-order chi connectivity index (χ1) is 13.2. The van der Waals surface area contributed by atoms with Crippen LogP contribution >= 0.6 is 0 Å². The lowest BCUT2D eigenvalue weighted by molar-refractivity contribution is -0.117. The summed E-state index contributed by atoms with van der Waals surface area (Å²) in [6, 6.07) is 12.2. The molecule has 1 unspecified atom stereocenters. The molecule has 1 atom stereocenters. The number of amides is 1. The molecular weight excluding hydrogens is 346 g/mol. The molecule has 1 amide bonds. The van der Waals surface area contributed by atoms with Gasteiger partial charge in [-0.2, -0.15) is 0 Å². The average molecular weight is 367 g/mol. The van der Waals surface area contributed by atoms with Crippen LogP contribution in [-0.2, 0) is 14.3 Å². The zero-order chi connectivity index (χ0) is 18.6. The maximum Gasteiger partial charge on any atom is 0.226 e. The molecule has 4 rings (SSSR count). The smallest absolute Gasteiger partial charge is 0.226 e. The minimum absolute atomic E-state index is 0.108. The first kappa shape index (κ1) is 17.7. The van der Waals surface area contributed by atoms with E-state index in [1.165, 1.54) is 0 Å². The molecule has 0 saturated carbocycles. The number of anilines is 1. The number of hydrogen-bond acceptors (Lipinski definition) is 5. The standard InChI is InChI=1S/C21H21NO5/c23-20(9-11-25-13-15-4-3-10-26-15)22-14-7-8-19-17(12-14)21(24)16-5-1-2-6-18(16)27-19/h1-2,5-8,12,15H,3-4,9-11,13H2,(H,22,23). The zero-order valence-corrected chi connectivity index (χ0v) is 14.9. The Morgan fingerprint density at radius 1 is 1.15 bits per heavy atom. The highest BCUT2D eigenvalue weighted by Crippen LogP contribution is 2.21. The average Bonchev–Trinajstić information content (AvgIpc) is 3.20. The Bertz CT molecular complexity index is 1020. The Morgan fingerprint density at radius 3 is 2.85 bits per heavy atom. The molecule has 27 heavy (non-hydrogen) atoms. The highest BCUT2D eigenvalue weighted by Gasteiger charge is 2.15.